The average Bonchev–Trinajstić information content (AvgIpc) is 2.54. The Labute approximate surface area is 148 Å². The van der Waals surface area contributed by atoms with Crippen molar-refractivity contribution in [2.75, 3.05) is 32.5 Å². The number of β-amino-alcohol motifs (C(OH)–C–C–N with tert-alkyl or cyclic N) is 1. The molecule has 0 aliphatic carbocycles. The second-order valence-corrected chi connectivity index (χ2v) is 7.36. The number of likely N-dealkylation sites (tertiary alicyclic amines) is 1. The van der Waals surface area contributed by atoms with Gasteiger partial charge < -0.3 is 29.7 Å². The molecule has 3 rings (SSSR count). The highest BCUT2D eigenvalue weighted by atomic mass is 32.2. The van der Waals surface area contributed by atoms with Gasteiger partial charge in [0.1, 0.15) is 22.5 Å². The Hall–Kier alpha value is -1.74. The van der Waals surface area contributed by atoms with Crippen molar-refractivity contribution >= 4 is 22.7 Å². The minimum Gasteiger partial charge on any atom is -0.507 e. The highest BCUT2D eigenvalue weighted by Gasteiger charge is 2.32. The number of phenols is 2. The molecular weight excluding hydrogens is 346 g/mol. The van der Waals surface area contributed by atoms with Crippen LogP contribution in [-0.4, -0.2) is 63.9 Å². The van der Waals surface area contributed by atoms with Gasteiger partial charge in [-0.3, -0.25) is 4.79 Å². The average molecular weight is 367 g/mol. The zero-order valence-corrected chi connectivity index (χ0v) is 14.6. The van der Waals surface area contributed by atoms with Gasteiger partial charge in [-0.2, -0.15) is 0 Å². The third kappa shape index (κ3) is 3.48. The molecule has 4 N–H and O–H groups in total. The fourth-order valence-electron chi connectivity index (χ4n) is 3.30. The largest absolute Gasteiger partial charge is 0.507 e. The molecule has 8 heteroatoms. The predicted molar refractivity (Wildman–Crippen MR) is 94.5 cm³/mol. The third-order valence-electron chi connectivity index (χ3n) is 4.47. The van der Waals surface area contributed by atoms with Gasteiger partial charge in [0, 0.05) is 35.9 Å². The second kappa shape index (κ2) is 7.25. The standard InChI is InChI=1S/C17H21NO6S/c1-18-3-2-9(13(23)8-18)15-10(20)6-11(21)16-12(22)7-14(24-17(15)16)25-5-4-19/h6-7,9,13,19-21,23H,2-5,8H2,1H3. The molecule has 0 saturated carbocycles. The highest BCUT2D eigenvalue weighted by molar-refractivity contribution is 7.99. The Kier molecular flexibility index (Phi) is 5.24. The lowest BCUT2D eigenvalue weighted by molar-refractivity contribution is 0.0630. The fraction of sp³-hybridized carbons (Fsp3) is 0.471. The molecule has 136 valence electrons. The quantitative estimate of drug-likeness (QED) is 0.594. The number of phenolic OH excluding ortho intramolecular Hbond substituents is 2. The fourth-order valence-corrected chi connectivity index (χ4v) is 3.93. The Morgan fingerprint density at radius 3 is 2.76 bits per heavy atom. The molecule has 2 unspecified atom stereocenters. The maximum atomic E-state index is 12.4. The molecule has 0 amide bonds. The van der Waals surface area contributed by atoms with E-state index in [1.54, 1.807) is 0 Å². The number of fused-ring (bicyclic) bond motifs is 1. The van der Waals surface area contributed by atoms with Crippen molar-refractivity contribution in [3.63, 3.8) is 0 Å². The monoisotopic (exact) mass is 367 g/mol. The first-order valence-corrected chi connectivity index (χ1v) is 9.04. The molecule has 1 saturated heterocycles. The summed E-state index contributed by atoms with van der Waals surface area (Å²) in [6.07, 6.45) is -0.139. The van der Waals surface area contributed by atoms with E-state index < -0.39 is 17.5 Å². The SMILES string of the molecule is CN1CCC(c2c(O)cc(O)c3c(=O)cc(SCCO)oc23)C(O)C1. The van der Waals surface area contributed by atoms with Gasteiger partial charge in [0.25, 0.3) is 0 Å². The van der Waals surface area contributed by atoms with Crippen LogP contribution in [-0.2, 0) is 0 Å². The van der Waals surface area contributed by atoms with E-state index in [-0.39, 0.29) is 29.1 Å². The summed E-state index contributed by atoms with van der Waals surface area (Å²) in [5, 5.41) is 40.2. The molecular formula is C17H21NO6S. The van der Waals surface area contributed by atoms with Crippen LogP contribution in [0.15, 0.2) is 26.4 Å². The first kappa shape index (κ1) is 18.1. The maximum absolute atomic E-state index is 12.4. The Morgan fingerprint density at radius 2 is 2.08 bits per heavy atom. The lowest BCUT2D eigenvalue weighted by Gasteiger charge is -2.34. The van der Waals surface area contributed by atoms with E-state index >= 15 is 0 Å². The molecule has 1 fully saturated rings. The zero-order valence-electron chi connectivity index (χ0n) is 13.8. The normalized spacial score (nSPS) is 21.7. The van der Waals surface area contributed by atoms with E-state index in [2.05, 4.69) is 0 Å². The molecule has 2 heterocycles. The van der Waals surface area contributed by atoms with Gasteiger partial charge in [0.2, 0.25) is 0 Å². The van der Waals surface area contributed by atoms with Crippen LogP contribution >= 0.6 is 11.8 Å². The molecule has 0 bridgehead atoms. The number of hydrogen-bond acceptors (Lipinski definition) is 8. The van der Waals surface area contributed by atoms with Gasteiger partial charge >= 0.3 is 0 Å². The van der Waals surface area contributed by atoms with Gasteiger partial charge in [-0.25, -0.2) is 0 Å². The molecule has 2 atom stereocenters. The van der Waals surface area contributed by atoms with Crippen molar-refractivity contribution in [3.05, 3.63) is 27.9 Å². The van der Waals surface area contributed by atoms with E-state index in [4.69, 9.17) is 9.52 Å². The predicted octanol–water partition coefficient (Wildman–Crippen LogP) is 1.07. The van der Waals surface area contributed by atoms with Crippen LogP contribution in [0.25, 0.3) is 11.0 Å². The van der Waals surface area contributed by atoms with Crippen molar-refractivity contribution in [2.45, 2.75) is 23.5 Å². The van der Waals surface area contributed by atoms with Gasteiger partial charge in [-0.15, -0.1) is 0 Å². The summed E-state index contributed by atoms with van der Waals surface area (Å²) in [5.41, 5.74) is 0.0128. The molecule has 0 spiro atoms. The molecule has 1 aromatic carbocycles. The number of nitrogens with zero attached hydrogens (tertiary/aromatic N) is 1. The lowest BCUT2D eigenvalue weighted by atomic mass is 9.85. The number of thioether (sulfide) groups is 1. The lowest BCUT2D eigenvalue weighted by Crippen LogP contribution is -2.40. The first-order chi connectivity index (χ1) is 11.9. The molecule has 1 aliphatic rings. The summed E-state index contributed by atoms with van der Waals surface area (Å²) < 4.78 is 5.77. The summed E-state index contributed by atoms with van der Waals surface area (Å²) in [5.74, 6) is -0.608. The molecule has 0 radical (unpaired) electrons. The van der Waals surface area contributed by atoms with Crippen molar-refractivity contribution in [3.8, 4) is 11.5 Å². The highest BCUT2D eigenvalue weighted by Crippen LogP contribution is 2.42. The number of benzene rings is 1. The van der Waals surface area contributed by atoms with Gasteiger partial charge in [0.05, 0.1) is 12.7 Å². The van der Waals surface area contributed by atoms with Crippen molar-refractivity contribution in [2.24, 2.45) is 0 Å². The topological polar surface area (TPSA) is 114 Å². The summed E-state index contributed by atoms with van der Waals surface area (Å²) >= 11 is 1.17. The van der Waals surface area contributed by atoms with E-state index in [1.165, 1.54) is 17.8 Å². The molecule has 2 aromatic rings. The first-order valence-electron chi connectivity index (χ1n) is 8.05. The van der Waals surface area contributed by atoms with Crippen LogP contribution in [0.5, 0.6) is 11.5 Å². The smallest absolute Gasteiger partial charge is 0.197 e. The van der Waals surface area contributed by atoms with Gasteiger partial charge in [-0.05, 0) is 20.0 Å². The minimum atomic E-state index is -0.726. The number of aliphatic hydroxyl groups excluding tert-OH is 2. The number of rotatable bonds is 4. The van der Waals surface area contributed by atoms with E-state index in [9.17, 15) is 20.1 Å². The van der Waals surface area contributed by atoms with Crippen LogP contribution in [0.2, 0.25) is 0 Å². The van der Waals surface area contributed by atoms with Crippen LogP contribution < -0.4 is 5.43 Å². The molecule has 1 aromatic heterocycles. The second-order valence-electron chi connectivity index (χ2n) is 6.26. The molecule has 7 nitrogen and oxygen atoms in total. The number of likely N-dealkylation sites (N-methyl/N-ethyl adjacent to an activating group) is 1. The minimum absolute atomic E-state index is 0.00715. The van der Waals surface area contributed by atoms with Crippen LogP contribution in [0, 0.1) is 0 Å². The van der Waals surface area contributed by atoms with E-state index in [0.29, 0.717) is 29.4 Å². The number of aliphatic hydroxyl groups is 2. The zero-order chi connectivity index (χ0) is 18.1. The Bertz CT molecular complexity index is 836. The Balaban J connectivity index is 2.19. The number of aromatic hydroxyl groups is 2. The van der Waals surface area contributed by atoms with Crippen LogP contribution in [0.4, 0.5) is 0 Å². The van der Waals surface area contributed by atoms with Crippen molar-refractivity contribution in [1.29, 1.82) is 0 Å². The number of piperidine rings is 1. The summed E-state index contributed by atoms with van der Waals surface area (Å²) in [6.45, 7) is 1.10. The number of hydrogen-bond donors (Lipinski definition) is 4. The Morgan fingerprint density at radius 1 is 1.32 bits per heavy atom. The van der Waals surface area contributed by atoms with E-state index in [0.717, 1.165) is 12.6 Å². The molecule has 1 aliphatic heterocycles. The maximum Gasteiger partial charge on any atom is 0.197 e. The summed E-state index contributed by atoms with van der Waals surface area (Å²) in [6, 6.07) is 2.38. The van der Waals surface area contributed by atoms with Gasteiger partial charge in [-0.1, -0.05) is 11.8 Å². The summed E-state index contributed by atoms with van der Waals surface area (Å²) in [7, 11) is 1.90. The van der Waals surface area contributed by atoms with Crippen LogP contribution in [0.3, 0.4) is 0 Å². The molecule has 25 heavy (non-hydrogen) atoms. The van der Waals surface area contributed by atoms with E-state index in [1.807, 2.05) is 11.9 Å². The van der Waals surface area contributed by atoms with Crippen molar-refractivity contribution < 1.29 is 24.8 Å². The third-order valence-corrected chi connectivity index (χ3v) is 5.34. The summed E-state index contributed by atoms with van der Waals surface area (Å²) in [4.78, 5) is 14.4. The van der Waals surface area contributed by atoms with Crippen LogP contribution in [0.1, 0.15) is 17.9 Å². The van der Waals surface area contributed by atoms with Crippen molar-refractivity contribution in [1.82, 2.24) is 4.90 Å². The van der Waals surface area contributed by atoms with Gasteiger partial charge in [0.15, 0.2) is 10.5 Å².